The molecule has 0 aromatic carbocycles. The lowest BCUT2D eigenvalue weighted by atomic mass is 10.0. The minimum absolute atomic E-state index is 0.0214. The Bertz CT molecular complexity index is 454. The summed E-state index contributed by atoms with van der Waals surface area (Å²) in [5.74, 6) is 1.13. The van der Waals surface area contributed by atoms with Gasteiger partial charge in [0, 0.05) is 13.1 Å². The number of amides is 1. The monoisotopic (exact) mass is 294 g/mol. The molecule has 2 rings (SSSR count). The highest BCUT2D eigenvalue weighted by atomic mass is 16.4. The third-order valence-electron chi connectivity index (χ3n) is 3.93. The highest BCUT2D eigenvalue weighted by molar-refractivity contribution is 5.79. The molecule has 118 valence electrons. The standard InChI is InChI=1S/C16H26N2O3/c1-12(2)9-18-7-6-13(10-18)15(19)17-11-16(3,20)14-5-4-8-21-14/h4-5,8,12-13,20H,6-7,9-11H2,1-3H3,(H,17,19). The summed E-state index contributed by atoms with van der Waals surface area (Å²) in [4.78, 5) is 14.5. The molecular formula is C16H26N2O3. The molecule has 1 fully saturated rings. The van der Waals surface area contributed by atoms with Crippen LogP contribution in [0.4, 0.5) is 0 Å². The molecule has 0 spiro atoms. The normalized spacial score (nSPS) is 22.4. The number of hydrogen-bond acceptors (Lipinski definition) is 4. The van der Waals surface area contributed by atoms with Crippen molar-refractivity contribution in [3.05, 3.63) is 24.2 Å². The maximum Gasteiger partial charge on any atom is 0.224 e. The number of likely N-dealkylation sites (tertiary alicyclic amines) is 1. The molecule has 0 aliphatic carbocycles. The van der Waals surface area contributed by atoms with Gasteiger partial charge in [0.15, 0.2) is 0 Å². The molecule has 0 bridgehead atoms. The maximum atomic E-state index is 12.2. The third-order valence-corrected chi connectivity index (χ3v) is 3.93. The van der Waals surface area contributed by atoms with E-state index >= 15 is 0 Å². The van der Waals surface area contributed by atoms with Gasteiger partial charge in [0.25, 0.3) is 0 Å². The van der Waals surface area contributed by atoms with E-state index in [1.807, 2.05) is 0 Å². The lowest BCUT2D eigenvalue weighted by molar-refractivity contribution is -0.126. The quantitative estimate of drug-likeness (QED) is 0.836. The molecule has 0 radical (unpaired) electrons. The fourth-order valence-corrected chi connectivity index (χ4v) is 2.80. The predicted octanol–water partition coefficient (Wildman–Crippen LogP) is 1.58. The molecule has 21 heavy (non-hydrogen) atoms. The summed E-state index contributed by atoms with van der Waals surface area (Å²) in [5, 5.41) is 13.2. The van der Waals surface area contributed by atoms with Crippen LogP contribution in [-0.2, 0) is 10.4 Å². The molecule has 1 aromatic rings. The van der Waals surface area contributed by atoms with E-state index in [1.54, 1.807) is 19.1 Å². The lowest BCUT2D eigenvalue weighted by Gasteiger charge is -2.22. The largest absolute Gasteiger partial charge is 0.466 e. The smallest absolute Gasteiger partial charge is 0.224 e. The van der Waals surface area contributed by atoms with Gasteiger partial charge in [-0.3, -0.25) is 4.79 Å². The molecule has 1 saturated heterocycles. The van der Waals surface area contributed by atoms with Gasteiger partial charge in [-0.05, 0) is 37.9 Å². The molecule has 1 aliphatic rings. The summed E-state index contributed by atoms with van der Waals surface area (Å²) >= 11 is 0. The average Bonchev–Trinajstić information content (AvgIpc) is 3.06. The summed E-state index contributed by atoms with van der Waals surface area (Å²) in [6, 6.07) is 3.44. The Morgan fingerprint density at radius 2 is 2.38 bits per heavy atom. The summed E-state index contributed by atoms with van der Waals surface area (Å²) in [7, 11) is 0. The highest BCUT2D eigenvalue weighted by Gasteiger charge is 2.31. The van der Waals surface area contributed by atoms with Crippen molar-refractivity contribution in [2.75, 3.05) is 26.2 Å². The number of rotatable bonds is 6. The lowest BCUT2D eigenvalue weighted by Crippen LogP contribution is -2.41. The number of nitrogens with zero attached hydrogens (tertiary/aromatic N) is 1. The molecule has 2 N–H and O–H groups in total. The Morgan fingerprint density at radius 1 is 1.62 bits per heavy atom. The molecule has 1 amide bonds. The molecule has 1 aliphatic heterocycles. The van der Waals surface area contributed by atoms with Crippen LogP contribution in [0.5, 0.6) is 0 Å². The summed E-state index contributed by atoms with van der Waals surface area (Å²) in [5.41, 5.74) is -1.17. The molecular weight excluding hydrogens is 268 g/mol. The minimum atomic E-state index is -1.17. The van der Waals surface area contributed by atoms with Crippen LogP contribution in [0, 0.1) is 11.8 Å². The van der Waals surface area contributed by atoms with Gasteiger partial charge in [-0.25, -0.2) is 0 Å². The second-order valence-electron chi connectivity index (χ2n) is 6.61. The summed E-state index contributed by atoms with van der Waals surface area (Å²) < 4.78 is 5.21. The first-order valence-corrected chi connectivity index (χ1v) is 7.65. The van der Waals surface area contributed by atoms with Crippen molar-refractivity contribution in [3.8, 4) is 0 Å². The van der Waals surface area contributed by atoms with Gasteiger partial charge in [-0.1, -0.05) is 13.8 Å². The van der Waals surface area contributed by atoms with Crippen molar-refractivity contribution in [3.63, 3.8) is 0 Å². The molecule has 2 heterocycles. The number of nitrogens with one attached hydrogen (secondary N) is 1. The zero-order valence-electron chi connectivity index (χ0n) is 13.1. The number of furan rings is 1. The van der Waals surface area contributed by atoms with Gasteiger partial charge in [0.2, 0.25) is 5.91 Å². The van der Waals surface area contributed by atoms with Crippen molar-refractivity contribution in [1.29, 1.82) is 0 Å². The Labute approximate surface area is 126 Å². The molecule has 2 atom stereocenters. The first kappa shape index (κ1) is 16.0. The number of aliphatic hydroxyl groups is 1. The first-order valence-electron chi connectivity index (χ1n) is 7.65. The van der Waals surface area contributed by atoms with Crippen LogP contribution < -0.4 is 5.32 Å². The van der Waals surface area contributed by atoms with Crippen LogP contribution in [0.15, 0.2) is 22.8 Å². The van der Waals surface area contributed by atoms with Gasteiger partial charge in [-0.2, -0.15) is 0 Å². The van der Waals surface area contributed by atoms with Crippen molar-refractivity contribution < 1.29 is 14.3 Å². The number of hydrogen-bond donors (Lipinski definition) is 2. The number of carbonyl (C=O) groups is 1. The molecule has 1 aromatic heterocycles. The van der Waals surface area contributed by atoms with Crippen LogP contribution in [0.25, 0.3) is 0 Å². The summed E-state index contributed by atoms with van der Waals surface area (Å²) in [6.45, 7) is 9.01. The van der Waals surface area contributed by atoms with E-state index in [2.05, 4.69) is 24.1 Å². The first-order chi connectivity index (χ1) is 9.88. The molecule has 2 unspecified atom stereocenters. The summed E-state index contributed by atoms with van der Waals surface area (Å²) in [6.07, 6.45) is 2.41. The van der Waals surface area contributed by atoms with E-state index in [9.17, 15) is 9.90 Å². The van der Waals surface area contributed by atoms with Crippen LogP contribution in [0.2, 0.25) is 0 Å². The van der Waals surface area contributed by atoms with Crippen LogP contribution in [0.1, 0.15) is 33.0 Å². The van der Waals surface area contributed by atoms with E-state index in [1.165, 1.54) is 6.26 Å². The van der Waals surface area contributed by atoms with Gasteiger partial charge >= 0.3 is 0 Å². The van der Waals surface area contributed by atoms with Crippen molar-refractivity contribution >= 4 is 5.91 Å². The number of carbonyl (C=O) groups excluding carboxylic acids is 1. The van der Waals surface area contributed by atoms with Crippen LogP contribution in [-0.4, -0.2) is 42.1 Å². The van der Waals surface area contributed by atoms with Crippen LogP contribution in [0.3, 0.4) is 0 Å². The Hall–Kier alpha value is -1.33. The van der Waals surface area contributed by atoms with Gasteiger partial charge in [-0.15, -0.1) is 0 Å². The fraction of sp³-hybridized carbons (Fsp3) is 0.688. The van der Waals surface area contributed by atoms with E-state index < -0.39 is 5.60 Å². The van der Waals surface area contributed by atoms with E-state index in [4.69, 9.17) is 4.42 Å². The molecule has 5 nitrogen and oxygen atoms in total. The predicted molar refractivity (Wildman–Crippen MR) is 80.7 cm³/mol. The maximum absolute atomic E-state index is 12.2. The molecule has 0 saturated carbocycles. The average molecular weight is 294 g/mol. The van der Waals surface area contributed by atoms with Gasteiger partial charge in [0.05, 0.1) is 18.7 Å². The Balaban J connectivity index is 1.80. The highest BCUT2D eigenvalue weighted by Crippen LogP contribution is 2.21. The van der Waals surface area contributed by atoms with Crippen molar-refractivity contribution in [1.82, 2.24) is 10.2 Å². The Morgan fingerprint density at radius 3 is 3.00 bits per heavy atom. The van der Waals surface area contributed by atoms with Gasteiger partial charge in [0.1, 0.15) is 11.4 Å². The van der Waals surface area contributed by atoms with Crippen molar-refractivity contribution in [2.24, 2.45) is 11.8 Å². The van der Waals surface area contributed by atoms with Crippen molar-refractivity contribution in [2.45, 2.75) is 32.8 Å². The Kier molecular flexibility index (Phi) is 5.06. The second-order valence-corrected chi connectivity index (χ2v) is 6.61. The van der Waals surface area contributed by atoms with E-state index in [0.29, 0.717) is 11.7 Å². The topological polar surface area (TPSA) is 65.7 Å². The second kappa shape index (κ2) is 6.62. The van der Waals surface area contributed by atoms with E-state index in [0.717, 1.165) is 26.1 Å². The van der Waals surface area contributed by atoms with Crippen LogP contribution >= 0.6 is 0 Å². The fourth-order valence-electron chi connectivity index (χ4n) is 2.80. The van der Waals surface area contributed by atoms with E-state index in [-0.39, 0.29) is 18.4 Å². The zero-order valence-corrected chi connectivity index (χ0v) is 13.1. The third kappa shape index (κ3) is 4.32. The van der Waals surface area contributed by atoms with Gasteiger partial charge < -0.3 is 19.7 Å². The molecule has 5 heteroatoms. The zero-order chi connectivity index (χ0) is 15.5. The minimum Gasteiger partial charge on any atom is -0.466 e. The SMILES string of the molecule is CC(C)CN1CCC(C(=O)NCC(C)(O)c2ccco2)C1.